The van der Waals surface area contributed by atoms with Gasteiger partial charge in [-0.3, -0.25) is 0 Å². The average Bonchev–Trinajstić information content (AvgIpc) is 2.17. The molecule has 0 atom stereocenters. The van der Waals surface area contributed by atoms with Crippen LogP contribution in [-0.2, 0) is 0 Å². The van der Waals surface area contributed by atoms with Crippen molar-refractivity contribution < 1.29 is 0 Å². The number of nitrogens with two attached hydrogens (primary N) is 1. The maximum atomic E-state index is 5.83. The van der Waals surface area contributed by atoms with Gasteiger partial charge in [0.2, 0.25) is 0 Å². The predicted molar refractivity (Wildman–Crippen MR) is 60.5 cm³/mol. The van der Waals surface area contributed by atoms with Crippen molar-refractivity contribution in [2.24, 2.45) is 0 Å². The molecule has 2 aromatic rings. The highest BCUT2D eigenvalue weighted by Gasteiger charge is 2.01. The Bertz CT molecular complexity index is 463. The SMILES string of the molecule is CN(C)c1cc2cccc(N)c2cn1. The van der Waals surface area contributed by atoms with Crippen LogP contribution >= 0.6 is 0 Å². The molecular formula is C11H13N3. The monoisotopic (exact) mass is 187 g/mol. The molecule has 0 bridgehead atoms. The van der Waals surface area contributed by atoms with E-state index < -0.39 is 0 Å². The van der Waals surface area contributed by atoms with Gasteiger partial charge in [-0.2, -0.15) is 0 Å². The number of fused-ring (bicyclic) bond motifs is 1. The van der Waals surface area contributed by atoms with Gasteiger partial charge in [-0.25, -0.2) is 4.98 Å². The Morgan fingerprint density at radius 3 is 2.79 bits per heavy atom. The Morgan fingerprint density at radius 1 is 1.29 bits per heavy atom. The minimum Gasteiger partial charge on any atom is -0.398 e. The summed E-state index contributed by atoms with van der Waals surface area (Å²) in [5.41, 5.74) is 6.61. The summed E-state index contributed by atoms with van der Waals surface area (Å²) in [6, 6.07) is 7.92. The van der Waals surface area contributed by atoms with Gasteiger partial charge in [-0.1, -0.05) is 12.1 Å². The van der Waals surface area contributed by atoms with Crippen molar-refractivity contribution >= 4 is 22.3 Å². The molecule has 0 aliphatic carbocycles. The van der Waals surface area contributed by atoms with Crippen LogP contribution < -0.4 is 10.6 Å². The summed E-state index contributed by atoms with van der Waals surface area (Å²) in [7, 11) is 3.95. The van der Waals surface area contributed by atoms with E-state index in [1.165, 1.54) is 0 Å². The Labute approximate surface area is 83.2 Å². The van der Waals surface area contributed by atoms with Crippen LogP contribution in [0.15, 0.2) is 30.5 Å². The van der Waals surface area contributed by atoms with Crippen molar-refractivity contribution in [3.8, 4) is 0 Å². The maximum Gasteiger partial charge on any atom is 0.128 e. The molecule has 0 fully saturated rings. The summed E-state index contributed by atoms with van der Waals surface area (Å²) in [6.07, 6.45) is 1.82. The molecule has 0 saturated carbocycles. The quantitative estimate of drug-likeness (QED) is 0.693. The lowest BCUT2D eigenvalue weighted by molar-refractivity contribution is 1.08. The number of nitrogen functional groups attached to an aromatic ring is 1. The second kappa shape index (κ2) is 3.18. The number of pyridine rings is 1. The second-order valence-electron chi connectivity index (χ2n) is 3.51. The molecule has 0 aliphatic heterocycles. The summed E-state index contributed by atoms with van der Waals surface area (Å²) < 4.78 is 0. The van der Waals surface area contributed by atoms with Crippen LogP contribution in [-0.4, -0.2) is 19.1 Å². The van der Waals surface area contributed by atoms with E-state index in [9.17, 15) is 0 Å². The van der Waals surface area contributed by atoms with Crippen LogP contribution in [0.1, 0.15) is 0 Å². The molecule has 14 heavy (non-hydrogen) atoms. The minimum absolute atomic E-state index is 0.778. The summed E-state index contributed by atoms with van der Waals surface area (Å²) >= 11 is 0. The van der Waals surface area contributed by atoms with E-state index >= 15 is 0 Å². The van der Waals surface area contributed by atoms with Crippen LogP contribution in [0.25, 0.3) is 10.8 Å². The van der Waals surface area contributed by atoms with Gasteiger partial charge in [0, 0.05) is 31.4 Å². The van der Waals surface area contributed by atoms with Crippen molar-refractivity contribution in [1.82, 2.24) is 4.98 Å². The zero-order valence-electron chi connectivity index (χ0n) is 8.36. The van der Waals surface area contributed by atoms with Gasteiger partial charge < -0.3 is 10.6 Å². The fraction of sp³-hybridized carbons (Fsp3) is 0.182. The van der Waals surface area contributed by atoms with Crippen LogP contribution in [0.5, 0.6) is 0 Å². The molecule has 2 N–H and O–H groups in total. The number of anilines is 2. The lowest BCUT2D eigenvalue weighted by atomic mass is 10.1. The van der Waals surface area contributed by atoms with Gasteiger partial charge in [-0.15, -0.1) is 0 Å². The van der Waals surface area contributed by atoms with E-state index in [0.29, 0.717) is 0 Å². The fourth-order valence-corrected chi connectivity index (χ4v) is 1.43. The van der Waals surface area contributed by atoms with E-state index in [1.807, 2.05) is 49.5 Å². The van der Waals surface area contributed by atoms with Gasteiger partial charge in [0.15, 0.2) is 0 Å². The third kappa shape index (κ3) is 1.37. The predicted octanol–water partition coefficient (Wildman–Crippen LogP) is 1.88. The minimum atomic E-state index is 0.778. The van der Waals surface area contributed by atoms with Gasteiger partial charge in [0.1, 0.15) is 5.82 Å². The van der Waals surface area contributed by atoms with E-state index in [1.54, 1.807) is 0 Å². The molecule has 0 aliphatic rings. The number of benzene rings is 1. The Balaban J connectivity index is 2.67. The third-order valence-electron chi connectivity index (χ3n) is 2.24. The highest BCUT2D eigenvalue weighted by atomic mass is 15.1. The van der Waals surface area contributed by atoms with Gasteiger partial charge >= 0.3 is 0 Å². The van der Waals surface area contributed by atoms with E-state index in [4.69, 9.17) is 5.73 Å². The largest absolute Gasteiger partial charge is 0.398 e. The molecule has 2 rings (SSSR count). The first-order chi connectivity index (χ1) is 6.68. The molecular weight excluding hydrogens is 174 g/mol. The number of hydrogen-bond donors (Lipinski definition) is 1. The molecule has 0 amide bonds. The summed E-state index contributed by atoms with van der Waals surface area (Å²) in [5.74, 6) is 0.947. The molecule has 3 heteroatoms. The number of hydrogen-bond acceptors (Lipinski definition) is 3. The summed E-state index contributed by atoms with van der Waals surface area (Å²) in [4.78, 5) is 6.29. The van der Waals surface area contributed by atoms with Gasteiger partial charge in [0.25, 0.3) is 0 Å². The van der Waals surface area contributed by atoms with Crippen molar-refractivity contribution in [3.05, 3.63) is 30.5 Å². The highest BCUT2D eigenvalue weighted by Crippen LogP contribution is 2.22. The van der Waals surface area contributed by atoms with E-state index in [0.717, 1.165) is 22.3 Å². The number of rotatable bonds is 1. The molecule has 1 heterocycles. The van der Waals surface area contributed by atoms with Crippen LogP contribution in [0, 0.1) is 0 Å². The standard InChI is InChI=1S/C11H13N3/c1-14(2)11-6-8-4-3-5-10(12)9(8)7-13-11/h3-7H,12H2,1-2H3. The first-order valence-electron chi connectivity index (χ1n) is 4.50. The molecule has 0 saturated heterocycles. The van der Waals surface area contributed by atoms with Crippen molar-refractivity contribution in [1.29, 1.82) is 0 Å². The van der Waals surface area contributed by atoms with Crippen molar-refractivity contribution in [3.63, 3.8) is 0 Å². The molecule has 0 radical (unpaired) electrons. The summed E-state index contributed by atoms with van der Waals surface area (Å²) in [6.45, 7) is 0. The number of aromatic nitrogens is 1. The Kier molecular flexibility index (Phi) is 2.00. The molecule has 1 aromatic carbocycles. The first-order valence-corrected chi connectivity index (χ1v) is 4.50. The van der Waals surface area contributed by atoms with E-state index in [2.05, 4.69) is 4.98 Å². The lowest BCUT2D eigenvalue weighted by Crippen LogP contribution is -2.10. The maximum absolute atomic E-state index is 5.83. The van der Waals surface area contributed by atoms with Gasteiger partial charge in [-0.05, 0) is 17.5 Å². The molecule has 0 unspecified atom stereocenters. The van der Waals surface area contributed by atoms with E-state index in [-0.39, 0.29) is 0 Å². The molecule has 72 valence electrons. The molecule has 1 aromatic heterocycles. The Morgan fingerprint density at radius 2 is 2.07 bits per heavy atom. The zero-order chi connectivity index (χ0) is 10.1. The first kappa shape index (κ1) is 8.81. The van der Waals surface area contributed by atoms with Crippen molar-refractivity contribution in [2.75, 3.05) is 24.7 Å². The van der Waals surface area contributed by atoms with Gasteiger partial charge in [0.05, 0.1) is 0 Å². The van der Waals surface area contributed by atoms with Crippen molar-refractivity contribution in [2.45, 2.75) is 0 Å². The number of nitrogens with zero attached hydrogens (tertiary/aromatic N) is 2. The average molecular weight is 187 g/mol. The van der Waals surface area contributed by atoms with Crippen LogP contribution in [0.2, 0.25) is 0 Å². The smallest absolute Gasteiger partial charge is 0.128 e. The normalized spacial score (nSPS) is 10.4. The Hall–Kier alpha value is -1.77. The lowest BCUT2D eigenvalue weighted by Gasteiger charge is -2.11. The third-order valence-corrected chi connectivity index (χ3v) is 2.24. The second-order valence-corrected chi connectivity index (χ2v) is 3.51. The fourth-order valence-electron chi connectivity index (χ4n) is 1.43. The van der Waals surface area contributed by atoms with Crippen LogP contribution in [0.4, 0.5) is 11.5 Å². The highest BCUT2D eigenvalue weighted by molar-refractivity contribution is 5.93. The topological polar surface area (TPSA) is 42.1 Å². The summed E-state index contributed by atoms with van der Waals surface area (Å²) in [5, 5.41) is 2.14. The molecule has 3 nitrogen and oxygen atoms in total. The zero-order valence-corrected chi connectivity index (χ0v) is 8.36. The molecule has 0 spiro atoms. The van der Waals surface area contributed by atoms with Crippen LogP contribution in [0.3, 0.4) is 0 Å².